The maximum atomic E-state index is 12.5. The van der Waals surface area contributed by atoms with Gasteiger partial charge >= 0.3 is 6.09 Å². The highest BCUT2D eigenvalue weighted by atomic mass is 16.6. The van der Waals surface area contributed by atoms with Crippen LogP contribution in [-0.2, 0) is 24.0 Å². The van der Waals surface area contributed by atoms with Crippen LogP contribution < -0.4 is 0 Å². The normalized spacial score (nSPS) is 13.6. The fraction of sp³-hybridized carbons (Fsp3) is 0.444. The molecule has 0 spiro atoms. The van der Waals surface area contributed by atoms with Gasteiger partial charge in [-0.3, -0.25) is 4.98 Å². The molecule has 0 radical (unpaired) electrons. The summed E-state index contributed by atoms with van der Waals surface area (Å²) >= 11 is 0. The number of rotatable bonds is 5. The van der Waals surface area contributed by atoms with E-state index in [0.717, 1.165) is 48.9 Å². The Morgan fingerprint density at radius 2 is 1.94 bits per heavy atom. The van der Waals surface area contributed by atoms with Crippen LogP contribution in [0.3, 0.4) is 0 Å². The number of aryl methyl sites for hydroxylation is 1. The average Bonchev–Trinajstić information content (AvgIpc) is 3.22. The minimum atomic E-state index is -0.515. The number of fused-ring (bicyclic) bond motifs is 1. The standard InChI is InChI=1S/C27H31N5O3/c1-5-6-7-23-21(16-28)15-22(17-29-23)25-30-24(31-35-25)20-9-8-18-10-12-32(13-11-19(18)14-20)26(33)34-27(2,3)4/h8-9,14-15,17H,5-7,10-13H2,1-4H3. The highest BCUT2D eigenvalue weighted by molar-refractivity contribution is 5.68. The number of unbranched alkanes of at least 4 members (excludes halogenated alkanes) is 1. The number of hydrogen-bond donors (Lipinski definition) is 0. The molecule has 0 saturated carbocycles. The summed E-state index contributed by atoms with van der Waals surface area (Å²) in [5, 5.41) is 13.7. The first-order chi connectivity index (χ1) is 16.8. The molecule has 1 aliphatic rings. The lowest BCUT2D eigenvalue weighted by Crippen LogP contribution is -2.38. The molecule has 0 bridgehead atoms. The minimum absolute atomic E-state index is 0.278. The summed E-state index contributed by atoms with van der Waals surface area (Å²) in [6, 6.07) is 10.1. The Bertz CT molecular complexity index is 1250. The van der Waals surface area contributed by atoms with E-state index in [9.17, 15) is 10.1 Å². The van der Waals surface area contributed by atoms with Crippen molar-refractivity contribution in [2.75, 3.05) is 13.1 Å². The number of nitrogens with zero attached hydrogens (tertiary/aromatic N) is 5. The van der Waals surface area contributed by atoms with Gasteiger partial charge in [-0.25, -0.2) is 4.79 Å². The molecule has 0 atom stereocenters. The molecule has 1 amide bonds. The third-order valence-corrected chi connectivity index (χ3v) is 5.95. The predicted octanol–water partition coefficient (Wildman–Crippen LogP) is 5.35. The van der Waals surface area contributed by atoms with Crippen molar-refractivity contribution >= 4 is 6.09 Å². The molecular weight excluding hydrogens is 442 g/mol. The molecule has 3 heterocycles. The van der Waals surface area contributed by atoms with Gasteiger partial charge in [-0.1, -0.05) is 30.6 Å². The van der Waals surface area contributed by atoms with Crippen LogP contribution in [0.2, 0.25) is 0 Å². The van der Waals surface area contributed by atoms with Gasteiger partial charge in [0.15, 0.2) is 0 Å². The molecule has 1 aromatic carbocycles. The van der Waals surface area contributed by atoms with Crippen LogP contribution in [0.15, 0.2) is 35.0 Å². The zero-order valence-corrected chi connectivity index (χ0v) is 20.8. The quantitative estimate of drug-likeness (QED) is 0.492. The van der Waals surface area contributed by atoms with Crippen molar-refractivity contribution in [3.63, 3.8) is 0 Å². The number of amides is 1. The molecule has 3 aromatic rings. The van der Waals surface area contributed by atoms with E-state index in [2.05, 4.69) is 40.3 Å². The fourth-order valence-corrected chi connectivity index (χ4v) is 4.08. The Balaban J connectivity index is 1.51. The first-order valence-corrected chi connectivity index (χ1v) is 12.1. The molecule has 1 aliphatic heterocycles. The summed E-state index contributed by atoms with van der Waals surface area (Å²) in [4.78, 5) is 23.3. The van der Waals surface area contributed by atoms with Crippen LogP contribution in [-0.4, -0.2) is 44.8 Å². The third-order valence-electron chi connectivity index (χ3n) is 5.95. The number of nitriles is 1. The molecule has 8 heteroatoms. The van der Waals surface area contributed by atoms with E-state index in [1.54, 1.807) is 17.2 Å². The summed E-state index contributed by atoms with van der Waals surface area (Å²) in [6.07, 6.45) is 5.70. The maximum Gasteiger partial charge on any atom is 0.410 e. The van der Waals surface area contributed by atoms with Crippen molar-refractivity contribution in [1.29, 1.82) is 5.26 Å². The number of ether oxygens (including phenoxy) is 1. The van der Waals surface area contributed by atoms with Gasteiger partial charge in [0.25, 0.3) is 5.89 Å². The van der Waals surface area contributed by atoms with Crippen molar-refractivity contribution in [2.45, 2.75) is 65.4 Å². The van der Waals surface area contributed by atoms with E-state index < -0.39 is 5.60 Å². The van der Waals surface area contributed by atoms with Gasteiger partial charge < -0.3 is 14.2 Å². The number of aromatic nitrogens is 3. The summed E-state index contributed by atoms with van der Waals surface area (Å²) in [6.45, 7) is 8.95. The average molecular weight is 474 g/mol. The second-order valence-electron chi connectivity index (χ2n) is 9.81. The number of benzene rings is 1. The Morgan fingerprint density at radius 1 is 1.17 bits per heavy atom. The smallest absolute Gasteiger partial charge is 0.410 e. The lowest BCUT2D eigenvalue weighted by atomic mass is 10.00. The molecule has 0 unspecified atom stereocenters. The fourth-order valence-electron chi connectivity index (χ4n) is 4.08. The van der Waals surface area contributed by atoms with Gasteiger partial charge in [0.05, 0.1) is 16.8 Å². The molecule has 4 rings (SSSR count). The third kappa shape index (κ3) is 5.86. The number of carbonyl (C=O) groups excluding carboxylic acids is 1. The van der Waals surface area contributed by atoms with Crippen molar-refractivity contribution in [2.24, 2.45) is 0 Å². The number of pyridine rings is 1. The van der Waals surface area contributed by atoms with E-state index in [0.29, 0.717) is 35.9 Å². The zero-order chi connectivity index (χ0) is 25.0. The molecule has 182 valence electrons. The molecule has 35 heavy (non-hydrogen) atoms. The molecule has 0 fully saturated rings. The molecular formula is C27H31N5O3. The van der Waals surface area contributed by atoms with Crippen LogP contribution in [0, 0.1) is 11.3 Å². The van der Waals surface area contributed by atoms with Gasteiger partial charge in [0.1, 0.15) is 11.7 Å². The van der Waals surface area contributed by atoms with Gasteiger partial charge in [-0.15, -0.1) is 0 Å². The van der Waals surface area contributed by atoms with E-state index in [-0.39, 0.29) is 6.09 Å². The van der Waals surface area contributed by atoms with Gasteiger partial charge in [-0.2, -0.15) is 10.2 Å². The van der Waals surface area contributed by atoms with Gasteiger partial charge in [-0.05, 0) is 69.7 Å². The summed E-state index contributed by atoms with van der Waals surface area (Å²) in [5.41, 5.74) is 4.65. The maximum absolute atomic E-state index is 12.5. The van der Waals surface area contributed by atoms with Crippen molar-refractivity contribution in [1.82, 2.24) is 20.0 Å². The molecule has 0 N–H and O–H groups in total. The Labute approximate surface area is 205 Å². The first kappa shape index (κ1) is 24.4. The predicted molar refractivity (Wildman–Crippen MR) is 132 cm³/mol. The highest BCUT2D eigenvalue weighted by Crippen LogP contribution is 2.27. The summed E-state index contributed by atoms with van der Waals surface area (Å²) < 4.78 is 11.1. The molecule has 0 aliphatic carbocycles. The van der Waals surface area contributed by atoms with Crippen molar-refractivity contribution in [3.05, 3.63) is 52.8 Å². The van der Waals surface area contributed by atoms with E-state index in [4.69, 9.17) is 9.26 Å². The Hall–Kier alpha value is -3.73. The summed E-state index contributed by atoms with van der Waals surface area (Å²) in [5.74, 6) is 0.807. The first-order valence-electron chi connectivity index (χ1n) is 12.1. The van der Waals surface area contributed by atoms with Crippen LogP contribution in [0.1, 0.15) is 62.9 Å². The van der Waals surface area contributed by atoms with Crippen LogP contribution in [0.4, 0.5) is 4.79 Å². The minimum Gasteiger partial charge on any atom is -0.444 e. The highest BCUT2D eigenvalue weighted by Gasteiger charge is 2.24. The molecule has 2 aromatic heterocycles. The second kappa shape index (κ2) is 10.3. The van der Waals surface area contributed by atoms with E-state index in [1.807, 2.05) is 26.8 Å². The molecule has 8 nitrogen and oxygen atoms in total. The lowest BCUT2D eigenvalue weighted by Gasteiger charge is -2.26. The summed E-state index contributed by atoms with van der Waals surface area (Å²) in [7, 11) is 0. The SMILES string of the molecule is CCCCc1ncc(-c2nc(-c3ccc4c(c3)CCN(C(=O)OC(C)(C)C)CC4)no2)cc1C#N. The van der Waals surface area contributed by atoms with Crippen LogP contribution in [0.25, 0.3) is 22.8 Å². The number of carbonyl (C=O) groups is 1. The van der Waals surface area contributed by atoms with Gasteiger partial charge in [0, 0.05) is 24.8 Å². The van der Waals surface area contributed by atoms with Gasteiger partial charge in [0.2, 0.25) is 5.82 Å². The van der Waals surface area contributed by atoms with Crippen molar-refractivity contribution in [3.8, 4) is 28.9 Å². The number of hydrogen-bond acceptors (Lipinski definition) is 7. The van der Waals surface area contributed by atoms with Crippen molar-refractivity contribution < 1.29 is 14.1 Å². The topological polar surface area (TPSA) is 105 Å². The Kier molecular flexibility index (Phi) is 7.15. The molecule has 0 saturated heterocycles. The lowest BCUT2D eigenvalue weighted by molar-refractivity contribution is 0.0258. The Morgan fingerprint density at radius 3 is 2.66 bits per heavy atom. The zero-order valence-electron chi connectivity index (χ0n) is 20.8. The van der Waals surface area contributed by atoms with E-state index >= 15 is 0 Å². The van der Waals surface area contributed by atoms with E-state index in [1.165, 1.54) is 5.56 Å². The monoisotopic (exact) mass is 473 g/mol. The second-order valence-corrected chi connectivity index (χ2v) is 9.81. The largest absolute Gasteiger partial charge is 0.444 e. The van der Waals surface area contributed by atoms with Crippen LogP contribution >= 0.6 is 0 Å². The van der Waals surface area contributed by atoms with Crippen LogP contribution in [0.5, 0.6) is 0 Å².